The molecule has 0 fully saturated rings. The van der Waals surface area contributed by atoms with Gasteiger partial charge in [0, 0.05) is 12.0 Å². The average Bonchev–Trinajstić information content (AvgIpc) is 2.35. The van der Waals surface area contributed by atoms with E-state index in [4.69, 9.17) is 9.66 Å². The summed E-state index contributed by atoms with van der Waals surface area (Å²) in [6.45, 7) is 0. The van der Waals surface area contributed by atoms with Gasteiger partial charge in [-0.1, -0.05) is 11.6 Å². The fourth-order valence-corrected chi connectivity index (χ4v) is 2.54. The second-order valence-corrected chi connectivity index (χ2v) is 5.51. The molecule has 1 heterocycles. The summed E-state index contributed by atoms with van der Waals surface area (Å²) in [4.78, 5) is 0. The van der Waals surface area contributed by atoms with Crippen molar-refractivity contribution >= 4 is 10.0 Å². The predicted molar refractivity (Wildman–Crippen MR) is 54.6 cm³/mol. The van der Waals surface area contributed by atoms with Gasteiger partial charge in [0.25, 0.3) is 0 Å². The Morgan fingerprint density at radius 2 is 2.00 bits per heavy atom. The number of nitrogens with two attached hydrogens (primary N) is 1. The van der Waals surface area contributed by atoms with Gasteiger partial charge in [0.2, 0.25) is 10.0 Å². The Hall–Kier alpha value is -0.880. The molecule has 5 nitrogen and oxygen atoms in total. The summed E-state index contributed by atoms with van der Waals surface area (Å²) in [5, 5.41) is 8.78. The maximum Gasteiger partial charge on any atom is 0.214 e. The van der Waals surface area contributed by atoms with Gasteiger partial charge < -0.3 is 4.52 Å². The van der Waals surface area contributed by atoms with Gasteiger partial charge in [-0.05, 0) is 19.3 Å². The number of aromatic nitrogens is 1. The van der Waals surface area contributed by atoms with Crippen molar-refractivity contribution in [2.24, 2.45) is 5.14 Å². The van der Waals surface area contributed by atoms with Crippen molar-refractivity contribution in [1.29, 1.82) is 0 Å². The van der Waals surface area contributed by atoms with E-state index in [0.29, 0.717) is 5.69 Å². The SMILES string of the molecule is NS(=O)(=O)Cc1noc2c1CCCCC2. The van der Waals surface area contributed by atoms with Gasteiger partial charge in [-0.3, -0.25) is 0 Å². The van der Waals surface area contributed by atoms with Crippen molar-refractivity contribution in [3.8, 4) is 0 Å². The van der Waals surface area contributed by atoms with Crippen LogP contribution in [0.4, 0.5) is 0 Å². The summed E-state index contributed by atoms with van der Waals surface area (Å²) >= 11 is 0. The van der Waals surface area contributed by atoms with Gasteiger partial charge in [-0.25, -0.2) is 13.6 Å². The molecule has 0 bridgehead atoms. The van der Waals surface area contributed by atoms with Crippen molar-refractivity contribution in [3.05, 3.63) is 17.0 Å². The first-order chi connectivity index (χ1) is 7.06. The zero-order valence-electron chi connectivity index (χ0n) is 8.40. The van der Waals surface area contributed by atoms with E-state index in [1.807, 2.05) is 0 Å². The van der Waals surface area contributed by atoms with Crippen molar-refractivity contribution in [3.63, 3.8) is 0 Å². The number of sulfonamides is 1. The van der Waals surface area contributed by atoms with Crippen LogP contribution >= 0.6 is 0 Å². The minimum Gasteiger partial charge on any atom is -0.361 e. The molecular formula is C9H14N2O3S. The highest BCUT2D eigenvalue weighted by Gasteiger charge is 2.20. The molecular weight excluding hydrogens is 216 g/mol. The van der Waals surface area contributed by atoms with Crippen LogP contribution in [0.15, 0.2) is 4.52 Å². The van der Waals surface area contributed by atoms with E-state index in [0.717, 1.165) is 43.4 Å². The van der Waals surface area contributed by atoms with Crippen LogP contribution in [0.1, 0.15) is 36.3 Å². The fraction of sp³-hybridized carbons (Fsp3) is 0.667. The van der Waals surface area contributed by atoms with Gasteiger partial charge in [-0.2, -0.15) is 0 Å². The highest BCUT2D eigenvalue weighted by atomic mass is 32.2. The number of fused-ring (bicyclic) bond motifs is 1. The van der Waals surface area contributed by atoms with Gasteiger partial charge in [0.15, 0.2) is 0 Å². The molecule has 2 N–H and O–H groups in total. The summed E-state index contributed by atoms with van der Waals surface area (Å²) in [5.41, 5.74) is 1.45. The van der Waals surface area contributed by atoms with Crippen LogP contribution in [0, 0.1) is 0 Å². The van der Waals surface area contributed by atoms with E-state index in [2.05, 4.69) is 5.16 Å². The Morgan fingerprint density at radius 3 is 2.73 bits per heavy atom. The van der Waals surface area contributed by atoms with E-state index in [1.54, 1.807) is 0 Å². The fourth-order valence-electron chi connectivity index (χ4n) is 1.93. The van der Waals surface area contributed by atoms with Crippen LogP contribution in [0.3, 0.4) is 0 Å². The Morgan fingerprint density at radius 1 is 1.27 bits per heavy atom. The van der Waals surface area contributed by atoms with E-state index in [9.17, 15) is 8.42 Å². The van der Waals surface area contributed by atoms with Crippen LogP contribution in [0.25, 0.3) is 0 Å². The largest absolute Gasteiger partial charge is 0.361 e. The Balaban J connectivity index is 2.30. The molecule has 1 aromatic heterocycles. The normalized spacial score (nSPS) is 17.1. The van der Waals surface area contributed by atoms with Crippen molar-refractivity contribution in [2.75, 3.05) is 0 Å². The van der Waals surface area contributed by atoms with Crippen LogP contribution in [-0.2, 0) is 28.6 Å². The standard InChI is InChI=1S/C9H14N2O3S/c10-15(12,13)6-8-7-4-2-1-3-5-9(7)14-11-8/h1-6H2,(H2,10,12,13). The minimum atomic E-state index is -3.51. The molecule has 2 rings (SSSR count). The average molecular weight is 230 g/mol. The molecule has 0 spiro atoms. The molecule has 0 atom stereocenters. The first-order valence-electron chi connectivity index (χ1n) is 5.03. The van der Waals surface area contributed by atoms with E-state index in [-0.39, 0.29) is 5.75 Å². The summed E-state index contributed by atoms with van der Waals surface area (Å²) in [5.74, 6) is 0.623. The lowest BCUT2D eigenvalue weighted by atomic mass is 10.1. The topological polar surface area (TPSA) is 86.2 Å². The molecule has 1 aliphatic rings. The predicted octanol–water partition coefficient (Wildman–Crippen LogP) is 0.732. The van der Waals surface area contributed by atoms with Crippen molar-refractivity contribution in [1.82, 2.24) is 5.16 Å². The third-order valence-corrected chi connectivity index (χ3v) is 3.30. The highest BCUT2D eigenvalue weighted by molar-refractivity contribution is 7.88. The van der Waals surface area contributed by atoms with Gasteiger partial charge in [-0.15, -0.1) is 0 Å². The quantitative estimate of drug-likeness (QED) is 0.759. The number of aryl methyl sites for hydroxylation is 1. The summed E-state index contributed by atoms with van der Waals surface area (Å²) in [6, 6.07) is 0. The number of primary sulfonamides is 1. The minimum absolute atomic E-state index is 0.216. The maximum atomic E-state index is 11.0. The van der Waals surface area contributed by atoms with Crippen molar-refractivity contribution < 1.29 is 12.9 Å². The molecule has 0 unspecified atom stereocenters. The lowest BCUT2D eigenvalue weighted by Crippen LogP contribution is -2.15. The lowest BCUT2D eigenvalue weighted by Gasteiger charge is -1.98. The van der Waals surface area contributed by atoms with E-state index >= 15 is 0 Å². The first kappa shape index (κ1) is 10.6. The number of hydrogen-bond acceptors (Lipinski definition) is 4. The molecule has 0 saturated carbocycles. The molecule has 0 aromatic carbocycles. The highest BCUT2D eigenvalue weighted by Crippen LogP contribution is 2.24. The van der Waals surface area contributed by atoms with Crippen LogP contribution < -0.4 is 5.14 Å². The molecule has 0 amide bonds. The zero-order valence-corrected chi connectivity index (χ0v) is 9.22. The molecule has 15 heavy (non-hydrogen) atoms. The number of nitrogens with zero attached hydrogens (tertiary/aromatic N) is 1. The molecule has 0 saturated heterocycles. The summed E-state index contributed by atoms with van der Waals surface area (Å²) < 4.78 is 27.1. The maximum absolute atomic E-state index is 11.0. The zero-order chi connectivity index (χ0) is 10.9. The number of rotatable bonds is 2. The second-order valence-electron chi connectivity index (χ2n) is 3.90. The first-order valence-corrected chi connectivity index (χ1v) is 6.74. The van der Waals surface area contributed by atoms with Crippen LogP contribution in [-0.4, -0.2) is 13.6 Å². The smallest absolute Gasteiger partial charge is 0.214 e. The molecule has 0 radical (unpaired) electrons. The summed E-state index contributed by atoms with van der Waals surface area (Å²) in [6.07, 6.45) is 5.00. The van der Waals surface area contributed by atoms with E-state index in [1.165, 1.54) is 0 Å². The molecule has 1 aliphatic carbocycles. The molecule has 6 heteroatoms. The Kier molecular flexibility index (Phi) is 2.79. The van der Waals surface area contributed by atoms with Crippen molar-refractivity contribution in [2.45, 2.75) is 37.9 Å². The molecule has 0 aliphatic heterocycles. The van der Waals surface area contributed by atoms with E-state index < -0.39 is 10.0 Å². The molecule has 84 valence electrons. The Labute approximate surface area is 88.7 Å². The third kappa shape index (κ3) is 2.57. The van der Waals surface area contributed by atoms with Crippen LogP contribution in [0.2, 0.25) is 0 Å². The van der Waals surface area contributed by atoms with Gasteiger partial charge >= 0.3 is 0 Å². The van der Waals surface area contributed by atoms with Gasteiger partial charge in [0.1, 0.15) is 17.2 Å². The second kappa shape index (κ2) is 3.94. The van der Waals surface area contributed by atoms with Crippen LogP contribution in [0.5, 0.6) is 0 Å². The summed E-state index contributed by atoms with van der Waals surface area (Å²) in [7, 11) is -3.51. The molecule has 1 aromatic rings. The monoisotopic (exact) mass is 230 g/mol. The van der Waals surface area contributed by atoms with Gasteiger partial charge in [0.05, 0.1) is 0 Å². The number of hydrogen-bond donors (Lipinski definition) is 1. The lowest BCUT2D eigenvalue weighted by molar-refractivity contribution is 0.376. The Bertz CT molecular complexity index is 450. The third-order valence-electron chi connectivity index (χ3n) is 2.62.